The first-order valence-corrected chi connectivity index (χ1v) is 17.7. The molecule has 0 unspecified atom stereocenters. The summed E-state index contributed by atoms with van der Waals surface area (Å²) in [4.78, 5) is 10.4. The van der Waals surface area contributed by atoms with E-state index in [2.05, 4.69) is 194 Å². The molecular formula is C50H32N2. The topological polar surface area (TPSA) is 25.8 Å². The zero-order valence-corrected chi connectivity index (χ0v) is 28.4. The molecule has 0 radical (unpaired) electrons. The van der Waals surface area contributed by atoms with Crippen molar-refractivity contribution < 1.29 is 0 Å². The minimum Gasteiger partial charge on any atom is -0.228 e. The van der Waals surface area contributed by atoms with Crippen molar-refractivity contribution in [3.63, 3.8) is 0 Å². The monoisotopic (exact) mass is 660 g/mol. The Balaban J connectivity index is 1.13. The van der Waals surface area contributed by atoms with Gasteiger partial charge in [-0.05, 0) is 89.6 Å². The van der Waals surface area contributed by atoms with Gasteiger partial charge < -0.3 is 0 Å². The summed E-state index contributed by atoms with van der Waals surface area (Å²) in [5.74, 6) is 0.700. The molecule has 1 aromatic heterocycles. The molecule has 0 fully saturated rings. The summed E-state index contributed by atoms with van der Waals surface area (Å²) in [7, 11) is 0. The summed E-state index contributed by atoms with van der Waals surface area (Å²) in [5.41, 5.74) is 9.63. The van der Waals surface area contributed by atoms with Gasteiger partial charge in [-0.1, -0.05) is 170 Å². The minimum atomic E-state index is 0.700. The molecule has 52 heavy (non-hydrogen) atoms. The van der Waals surface area contributed by atoms with Crippen LogP contribution in [0.2, 0.25) is 0 Å². The van der Waals surface area contributed by atoms with Gasteiger partial charge in [0.1, 0.15) is 0 Å². The van der Waals surface area contributed by atoms with Crippen LogP contribution in [0.1, 0.15) is 0 Å². The molecule has 9 aromatic carbocycles. The molecule has 0 N–H and O–H groups in total. The third-order valence-electron chi connectivity index (χ3n) is 10.2. The van der Waals surface area contributed by atoms with Crippen LogP contribution in [0.4, 0.5) is 0 Å². The fourth-order valence-electron chi connectivity index (χ4n) is 7.63. The van der Waals surface area contributed by atoms with Gasteiger partial charge in [0.15, 0.2) is 5.82 Å². The van der Waals surface area contributed by atoms with Gasteiger partial charge in [0.25, 0.3) is 0 Å². The third kappa shape index (κ3) is 5.30. The predicted molar refractivity (Wildman–Crippen MR) is 219 cm³/mol. The first kappa shape index (κ1) is 30.0. The first-order chi connectivity index (χ1) is 25.7. The van der Waals surface area contributed by atoms with Gasteiger partial charge in [-0.3, -0.25) is 0 Å². The Bertz CT molecular complexity index is 2940. The average molecular weight is 661 g/mol. The summed E-state index contributed by atoms with van der Waals surface area (Å²) in [6.07, 6.45) is 0. The maximum absolute atomic E-state index is 5.22. The van der Waals surface area contributed by atoms with E-state index in [4.69, 9.17) is 9.97 Å². The zero-order chi connectivity index (χ0) is 34.4. The van der Waals surface area contributed by atoms with Crippen LogP contribution in [0, 0.1) is 0 Å². The van der Waals surface area contributed by atoms with Crippen molar-refractivity contribution in [3.8, 4) is 56.2 Å². The standard InChI is InChI=1S/C50H32N2/c1-2-11-33(12-3-1)39-17-10-18-41(29-39)47-32-48(42-26-21-34-13-4-5-15-38(34)30-42)52-50(51-47)37-24-22-36(23-25-37)49-44-20-9-7-16-40(44)31-46-43-19-8-6-14-35(43)27-28-45(46)49/h1-32H. The lowest BCUT2D eigenvalue weighted by Crippen LogP contribution is -1.96. The van der Waals surface area contributed by atoms with Crippen LogP contribution in [-0.4, -0.2) is 9.97 Å². The Labute approximate surface area is 302 Å². The SMILES string of the molecule is c1ccc(-c2cccc(-c3cc(-c4ccc5ccccc5c4)nc(-c4ccc(-c5c6ccccc6cc6c5ccc5ccccc56)cc4)n3)c2)cc1. The molecule has 0 atom stereocenters. The van der Waals surface area contributed by atoms with Crippen molar-refractivity contribution in [2.24, 2.45) is 0 Å². The second-order valence-corrected chi connectivity index (χ2v) is 13.4. The van der Waals surface area contributed by atoms with Crippen molar-refractivity contribution in [1.82, 2.24) is 9.97 Å². The van der Waals surface area contributed by atoms with E-state index in [9.17, 15) is 0 Å². The van der Waals surface area contributed by atoms with E-state index in [1.807, 2.05) is 0 Å². The van der Waals surface area contributed by atoms with Crippen molar-refractivity contribution in [2.45, 2.75) is 0 Å². The molecule has 10 aromatic rings. The summed E-state index contributed by atoms with van der Waals surface area (Å²) in [6, 6.07) is 69.3. The molecule has 0 spiro atoms. The molecule has 10 rings (SSSR count). The van der Waals surface area contributed by atoms with Gasteiger partial charge in [0.05, 0.1) is 11.4 Å². The van der Waals surface area contributed by atoms with Gasteiger partial charge in [0.2, 0.25) is 0 Å². The molecule has 0 amide bonds. The molecule has 1 heterocycles. The van der Waals surface area contributed by atoms with Crippen LogP contribution in [0.3, 0.4) is 0 Å². The van der Waals surface area contributed by atoms with Crippen molar-refractivity contribution in [2.75, 3.05) is 0 Å². The molecule has 0 bridgehead atoms. The van der Waals surface area contributed by atoms with Crippen LogP contribution in [0.5, 0.6) is 0 Å². The smallest absolute Gasteiger partial charge is 0.160 e. The molecular weight excluding hydrogens is 629 g/mol. The van der Waals surface area contributed by atoms with Gasteiger partial charge in [-0.2, -0.15) is 0 Å². The summed E-state index contributed by atoms with van der Waals surface area (Å²) >= 11 is 0. The van der Waals surface area contributed by atoms with E-state index in [0.29, 0.717) is 5.82 Å². The van der Waals surface area contributed by atoms with Crippen molar-refractivity contribution in [3.05, 3.63) is 194 Å². The minimum absolute atomic E-state index is 0.700. The highest BCUT2D eigenvalue weighted by Gasteiger charge is 2.15. The Morgan fingerprint density at radius 1 is 0.250 bits per heavy atom. The number of rotatable bonds is 5. The van der Waals surface area contributed by atoms with Gasteiger partial charge in [0, 0.05) is 16.7 Å². The normalized spacial score (nSPS) is 11.5. The van der Waals surface area contributed by atoms with Crippen LogP contribution in [-0.2, 0) is 0 Å². The van der Waals surface area contributed by atoms with E-state index in [-0.39, 0.29) is 0 Å². The number of aromatic nitrogens is 2. The Morgan fingerprint density at radius 2 is 0.827 bits per heavy atom. The highest BCUT2D eigenvalue weighted by Crippen LogP contribution is 2.40. The molecule has 0 saturated carbocycles. The molecule has 2 heteroatoms. The Hall–Kier alpha value is -6.90. The largest absolute Gasteiger partial charge is 0.228 e. The second-order valence-electron chi connectivity index (χ2n) is 13.4. The zero-order valence-electron chi connectivity index (χ0n) is 28.4. The fraction of sp³-hybridized carbons (Fsp3) is 0. The van der Waals surface area contributed by atoms with Crippen LogP contribution < -0.4 is 0 Å². The number of hydrogen-bond donors (Lipinski definition) is 0. The second kappa shape index (κ2) is 12.5. The molecule has 0 aliphatic heterocycles. The van der Waals surface area contributed by atoms with Gasteiger partial charge in [-0.25, -0.2) is 9.97 Å². The number of fused-ring (bicyclic) bond motifs is 5. The highest BCUT2D eigenvalue weighted by atomic mass is 14.9. The highest BCUT2D eigenvalue weighted by molar-refractivity contribution is 6.20. The summed E-state index contributed by atoms with van der Waals surface area (Å²) in [6.45, 7) is 0. The van der Waals surface area contributed by atoms with Crippen LogP contribution >= 0.6 is 0 Å². The molecule has 2 nitrogen and oxygen atoms in total. The summed E-state index contributed by atoms with van der Waals surface area (Å²) < 4.78 is 0. The lowest BCUT2D eigenvalue weighted by atomic mass is 9.89. The predicted octanol–water partition coefficient (Wildman–Crippen LogP) is 13.4. The fourth-order valence-corrected chi connectivity index (χ4v) is 7.63. The van der Waals surface area contributed by atoms with Crippen LogP contribution in [0.25, 0.3) is 99.2 Å². The Kier molecular flexibility index (Phi) is 7.18. The molecule has 0 aliphatic rings. The van der Waals surface area contributed by atoms with E-state index in [1.54, 1.807) is 0 Å². The molecule has 0 aliphatic carbocycles. The lowest BCUT2D eigenvalue weighted by molar-refractivity contribution is 1.18. The van der Waals surface area contributed by atoms with Crippen molar-refractivity contribution >= 4 is 43.1 Å². The molecule has 242 valence electrons. The third-order valence-corrected chi connectivity index (χ3v) is 10.2. The van der Waals surface area contributed by atoms with E-state index in [0.717, 1.165) is 33.6 Å². The molecule has 0 saturated heterocycles. The van der Waals surface area contributed by atoms with E-state index >= 15 is 0 Å². The van der Waals surface area contributed by atoms with Crippen LogP contribution in [0.15, 0.2) is 194 Å². The number of nitrogens with zero attached hydrogens (tertiary/aromatic N) is 2. The number of hydrogen-bond acceptors (Lipinski definition) is 2. The summed E-state index contributed by atoms with van der Waals surface area (Å²) in [5, 5.41) is 9.91. The maximum Gasteiger partial charge on any atom is 0.160 e. The lowest BCUT2D eigenvalue weighted by Gasteiger charge is -2.15. The average Bonchev–Trinajstić information content (AvgIpc) is 3.23. The number of benzene rings is 9. The quantitative estimate of drug-likeness (QED) is 0.136. The Morgan fingerprint density at radius 3 is 1.63 bits per heavy atom. The van der Waals surface area contributed by atoms with Crippen molar-refractivity contribution in [1.29, 1.82) is 0 Å². The van der Waals surface area contributed by atoms with E-state index in [1.165, 1.54) is 59.8 Å². The first-order valence-electron chi connectivity index (χ1n) is 17.7. The maximum atomic E-state index is 5.22. The van der Waals surface area contributed by atoms with Gasteiger partial charge >= 0.3 is 0 Å². The van der Waals surface area contributed by atoms with E-state index < -0.39 is 0 Å². The van der Waals surface area contributed by atoms with Gasteiger partial charge in [-0.15, -0.1) is 0 Å².